The fourth-order valence-corrected chi connectivity index (χ4v) is 4.52. The van der Waals surface area contributed by atoms with Gasteiger partial charge in [-0.2, -0.15) is 11.3 Å². The monoisotopic (exact) mass is 525 g/mol. The van der Waals surface area contributed by atoms with E-state index in [0.29, 0.717) is 17.0 Å². The van der Waals surface area contributed by atoms with Crippen LogP contribution in [0.1, 0.15) is 41.4 Å². The van der Waals surface area contributed by atoms with E-state index in [9.17, 15) is 14.4 Å². The molecular weight excluding hydrogens is 494 g/mol. The third-order valence-corrected chi connectivity index (χ3v) is 6.74. The van der Waals surface area contributed by atoms with Crippen molar-refractivity contribution in [2.24, 2.45) is 5.73 Å². The number of carbonyl (C=O) groups excluding carboxylic acids is 3. The quantitative estimate of drug-likeness (QED) is 0.240. The third kappa shape index (κ3) is 10.5. The van der Waals surface area contributed by atoms with Crippen molar-refractivity contribution < 1.29 is 19.6 Å². The maximum absolute atomic E-state index is 12.2. The largest absolute Gasteiger partial charge is 0.326 e. The van der Waals surface area contributed by atoms with E-state index in [2.05, 4.69) is 41.2 Å². The van der Waals surface area contributed by atoms with Crippen LogP contribution in [0.5, 0.6) is 0 Å². The molecule has 1 aliphatic carbocycles. The third-order valence-electron chi connectivity index (χ3n) is 4.82. The SMILES string of the molecule is CC(=O)CN.Cc1ccsc1.O=C(CCC1=CC=CC=CC1)Nc1ccc2sc(C(=O)NO)cc2c1. The van der Waals surface area contributed by atoms with Gasteiger partial charge in [-0.25, -0.2) is 5.48 Å². The van der Waals surface area contributed by atoms with Crippen LogP contribution in [0.15, 0.2) is 77.0 Å². The minimum absolute atomic E-state index is 0.0324. The number of hydrogen-bond donors (Lipinski definition) is 4. The number of allylic oxidation sites excluding steroid dienone is 6. The van der Waals surface area contributed by atoms with Crippen molar-refractivity contribution in [3.63, 3.8) is 0 Å². The lowest BCUT2D eigenvalue weighted by atomic mass is 10.1. The van der Waals surface area contributed by atoms with Crippen LogP contribution in [-0.4, -0.2) is 29.3 Å². The second kappa shape index (κ2) is 15.6. The molecular formula is C27H31N3O4S2. The van der Waals surface area contributed by atoms with Crippen molar-refractivity contribution in [3.05, 3.63) is 87.5 Å². The molecule has 3 aromatic rings. The smallest absolute Gasteiger partial charge is 0.284 e. The summed E-state index contributed by atoms with van der Waals surface area (Å²) in [4.78, 5) is 33.7. The van der Waals surface area contributed by atoms with Crippen LogP contribution in [0.25, 0.3) is 10.1 Å². The van der Waals surface area contributed by atoms with Crippen molar-refractivity contribution in [2.45, 2.75) is 33.1 Å². The summed E-state index contributed by atoms with van der Waals surface area (Å²) in [5, 5.41) is 16.7. The van der Waals surface area contributed by atoms with Crippen LogP contribution in [0.4, 0.5) is 5.69 Å². The highest BCUT2D eigenvalue weighted by Gasteiger charge is 2.10. The molecule has 2 amide bonds. The molecule has 190 valence electrons. The first-order valence-electron chi connectivity index (χ1n) is 11.3. The molecule has 2 heterocycles. The first kappa shape index (κ1) is 28.9. The average Bonchev–Trinajstić information content (AvgIpc) is 3.44. The molecule has 0 aliphatic heterocycles. The number of thiophene rings is 2. The maximum atomic E-state index is 12.2. The predicted molar refractivity (Wildman–Crippen MR) is 149 cm³/mol. The molecule has 4 rings (SSSR count). The summed E-state index contributed by atoms with van der Waals surface area (Å²) in [5.41, 5.74) is 9.74. The number of fused-ring (bicyclic) bond motifs is 1. The van der Waals surface area contributed by atoms with Crippen LogP contribution in [0, 0.1) is 6.92 Å². The highest BCUT2D eigenvalue weighted by atomic mass is 32.1. The Morgan fingerprint density at radius 3 is 2.50 bits per heavy atom. The zero-order valence-electron chi connectivity index (χ0n) is 20.3. The summed E-state index contributed by atoms with van der Waals surface area (Å²) in [6.45, 7) is 3.72. The standard InChI is InChI=1S/C19H18N2O3S.C5H6S.C3H7NO/c22-18(10-7-13-5-3-1-2-4-6-13)20-15-8-9-16-14(11-15)12-17(25-16)19(23)21-24;1-5-2-3-6-4-5;1-3(5)2-4/h1-5,8-9,11-12,24H,6-7,10H2,(H,20,22)(H,21,23);2-4H,1H3;2,4H2,1H3. The normalized spacial score (nSPS) is 11.8. The molecule has 0 bridgehead atoms. The summed E-state index contributed by atoms with van der Waals surface area (Å²) in [6.07, 6.45) is 12.1. The van der Waals surface area contributed by atoms with E-state index >= 15 is 0 Å². The summed E-state index contributed by atoms with van der Waals surface area (Å²) in [6, 6.07) is 9.29. The Labute approximate surface area is 219 Å². The van der Waals surface area contributed by atoms with Gasteiger partial charge in [-0.15, -0.1) is 11.3 Å². The van der Waals surface area contributed by atoms with E-state index in [0.717, 1.165) is 22.9 Å². The van der Waals surface area contributed by atoms with E-state index < -0.39 is 5.91 Å². The molecule has 9 heteroatoms. The molecule has 2 aromatic heterocycles. The van der Waals surface area contributed by atoms with Crippen LogP contribution in [0.2, 0.25) is 0 Å². The Hall–Kier alpha value is -3.37. The van der Waals surface area contributed by atoms with Gasteiger partial charge < -0.3 is 11.1 Å². The Morgan fingerprint density at radius 1 is 1.11 bits per heavy atom. The minimum atomic E-state index is -0.536. The van der Waals surface area contributed by atoms with E-state index in [-0.39, 0.29) is 18.2 Å². The number of benzene rings is 1. The highest BCUT2D eigenvalue weighted by Crippen LogP contribution is 2.28. The van der Waals surface area contributed by atoms with Crippen molar-refractivity contribution in [3.8, 4) is 0 Å². The number of rotatable bonds is 6. The number of aryl methyl sites for hydroxylation is 1. The molecule has 36 heavy (non-hydrogen) atoms. The predicted octanol–water partition coefficient (Wildman–Crippen LogP) is 5.77. The molecule has 0 radical (unpaired) electrons. The fourth-order valence-electron chi connectivity index (χ4n) is 2.93. The van der Waals surface area contributed by atoms with Gasteiger partial charge >= 0.3 is 0 Å². The molecule has 1 aliphatic rings. The molecule has 5 N–H and O–H groups in total. The molecule has 0 spiro atoms. The van der Waals surface area contributed by atoms with Crippen molar-refractivity contribution in [1.82, 2.24) is 5.48 Å². The van der Waals surface area contributed by atoms with Gasteiger partial charge in [-0.3, -0.25) is 19.6 Å². The lowest BCUT2D eigenvalue weighted by Gasteiger charge is -2.06. The summed E-state index contributed by atoms with van der Waals surface area (Å²) in [7, 11) is 0. The molecule has 1 aromatic carbocycles. The Balaban J connectivity index is 0.000000343. The number of hydroxylamine groups is 1. The van der Waals surface area contributed by atoms with Crippen LogP contribution in [-0.2, 0) is 9.59 Å². The molecule has 7 nitrogen and oxygen atoms in total. The van der Waals surface area contributed by atoms with Gasteiger partial charge in [0.05, 0.1) is 11.4 Å². The number of nitrogens with one attached hydrogen (secondary N) is 2. The maximum Gasteiger partial charge on any atom is 0.284 e. The first-order chi connectivity index (χ1) is 17.3. The van der Waals surface area contributed by atoms with Gasteiger partial charge in [-0.1, -0.05) is 36.0 Å². The van der Waals surface area contributed by atoms with Crippen LogP contribution in [0.3, 0.4) is 0 Å². The summed E-state index contributed by atoms with van der Waals surface area (Å²) < 4.78 is 0.916. The van der Waals surface area contributed by atoms with Crippen molar-refractivity contribution >= 4 is 56.0 Å². The topological polar surface area (TPSA) is 122 Å². The van der Waals surface area contributed by atoms with Crippen LogP contribution < -0.4 is 16.5 Å². The van der Waals surface area contributed by atoms with Crippen LogP contribution >= 0.6 is 22.7 Å². The number of amides is 2. The van der Waals surface area contributed by atoms with Gasteiger partial charge in [0.1, 0.15) is 5.78 Å². The van der Waals surface area contributed by atoms with E-state index in [1.165, 1.54) is 29.4 Å². The minimum Gasteiger partial charge on any atom is -0.326 e. The molecule has 0 fully saturated rings. The zero-order chi connectivity index (χ0) is 26.3. The number of ketones is 1. The summed E-state index contributed by atoms with van der Waals surface area (Å²) in [5.74, 6) is -0.544. The Morgan fingerprint density at radius 2 is 1.89 bits per heavy atom. The number of Topliss-reactive ketones (excluding diaryl/α,β-unsaturated/α-hetero) is 1. The van der Waals surface area contributed by atoms with Gasteiger partial charge in [0.15, 0.2) is 0 Å². The Kier molecular flexibility index (Phi) is 12.5. The number of nitrogens with two attached hydrogens (primary N) is 1. The van der Waals surface area contributed by atoms with E-state index in [1.54, 1.807) is 22.9 Å². The lowest BCUT2D eigenvalue weighted by molar-refractivity contribution is -0.116. The number of hydrogen-bond acceptors (Lipinski definition) is 7. The van der Waals surface area contributed by atoms with Gasteiger partial charge in [0.25, 0.3) is 5.91 Å². The van der Waals surface area contributed by atoms with Gasteiger partial charge in [0, 0.05) is 16.8 Å². The molecule has 0 saturated heterocycles. The first-order valence-corrected chi connectivity index (χ1v) is 13.1. The van der Waals surface area contributed by atoms with E-state index in [4.69, 9.17) is 10.9 Å². The van der Waals surface area contributed by atoms with Crippen molar-refractivity contribution in [2.75, 3.05) is 11.9 Å². The average molecular weight is 526 g/mol. The number of anilines is 1. The lowest BCUT2D eigenvalue weighted by Crippen LogP contribution is -2.16. The molecule has 0 atom stereocenters. The Bertz CT molecular complexity index is 1240. The second-order valence-corrected chi connectivity index (χ2v) is 9.77. The summed E-state index contributed by atoms with van der Waals surface area (Å²) >= 11 is 3.02. The van der Waals surface area contributed by atoms with E-state index in [1.807, 2.05) is 36.4 Å². The second-order valence-electron chi connectivity index (χ2n) is 7.90. The fraction of sp³-hybridized carbons (Fsp3) is 0.222. The van der Waals surface area contributed by atoms with Gasteiger partial charge in [0.2, 0.25) is 5.91 Å². The highest BCUT2D eigenvalue weighted by molar-refractivity contribution is 7.20. The molecule has 0 saturated carbocycles. The zero-order valence-corrected chi connectivity index (χ0v) is 22.0. The van der Waals surface area contributed by atoms with Crippen molar-refractivity contribution in [1.29, 1.82) is 0 Å². The van der Waals surface area contributed by atoms with Gasteiger partial charge in [-0.05, 0) is 78.7 Å². The molecule has 0 unspecified atom stereocenters. The number of carbonyl (C=O) groups is 3.